The van der Waals surface area contributed by atoms with Crippen molar-refractivity contribution in [2.45, 2.75) is 51.5 Å². The lowest BCUT2D eigenvalue weighted by molar-refractivity contribution is 0.334. The molecule has 2 aromatic heterocycles. The van der Waals surface area contributed by atoms with E-state index in [-0.39, 0.29) is 0 Å². The van der Waals surface area contributed by atoms with Crippen LogP contribution in [-0.2, 0) is 0 Å². The van der Waals surface area contributed by atoms with Crippen molar-refractivity contribution in [3.8, 4) is 0 Å². The molecule has 0 aromatic carbocycles. The highest BCUT2D eigenvalue weighted by Gasteiger charge is 2.25. The molecule has 1 fully saturated rings. The fraction of sp³-hybridized carbons (Fsp3) is 0.625. The van der Waals surface area contributed by atoms with Crippen LogP contribution in [0, 0.1) is 5.92 Å². The first kappa shape index (κ1) is 13.6. The molecular weight excluding hydrogens is 270 g/mol. The Hall–Kier alpha value is -0.380. The maximum absolute atomic E-state index is 3.76. The summed E-state index contributed by atoms with van der Waals surface area (Å²) in [6, 6.07) is 5.29. The minimum Gasteiger partial charge on any atom is -0.309 e. The lowest BCUT2D eigenvalue weighted by atomic mass is 9.91. The van der Waals surface area contributed by atoms with E-state index >= 15 is 0 Å². The Morgan fingerprint density at radius 1 is 1.21 bits per heavy atom. The lowest BCUT2D eigenvalue weighted by Crippen LogP contribution is -2.27. The molecule has 0 aliphatic heterocycles. The van der Waals surface area contributed by atoms with Gasteiger partial charge < -0.3 is 5.32 Å². The van der Waals surface area contributed by atoms with Crippen molar-refractivity contribution in [1.29, 1.82) is 0 Å². The van der Waals surface area contributed by atoms with Gasteiger partial charge in [0.15, 0.2) is 0 Å². The topological polar surface area (TPSA) is 12.0 Å². The molecule has 1 saturated carbocycles. The second-order valence-corrected chi connectivity index (χ2v) is 7.65. The first-order valence-electron chi connectivity index (χ1n) is 7.59. The number of nitrogens with one attached hydrogen (secondary N) is 1. The van der Waals surface area contributed by atoms with E-state index in [0.29, 0.717) is 6.04 Å². The van der Waals surface area contributed by atoms with Crippen LogP contribution in [0.15, 0.2) is 17.5 Å². The van der Waals surface area contributed by atoms with Gasteiger partial charge in [0.05, 0.1) is 0 Å². The monoisotopic (exact) mass is 293 g/mol. The summed E-state index contributed by atoms with van der Waals surface area (Å²) in [4.78, 5) is 1.57. The van der Waals surface area contributed by atoms with Crippen molar-refractivity contribution in [2.75, 3.05) is 6.54 Å². The van der Waals surface area contributed by atoms with Gasteiger partial charge in [-0.1, -0.05) is 32.6 Å². The Bertz CT molecular complexity index is 477. The summed E-state index contributed by atoms with van der Waals surface area (Å²) in [5.41, 5.74) is 0. The Balaban J connectivity index is 1.84. The summed E-state index contributed by atoms with van der Waals surface area (Å²) in [5.74, 6) is 0.843. The fourth-order valence-electron chi connectivity index (χ4n) is 3.30. The van der Waals surface area contributed by atoms with Crippen LogP contribution in [0.3, 0.4) is 0 Å². The van der Waals surface area contributed by atoms with Crippen LogP contribution in [0.5, 0.6) is 0 Å². The van der Waals surface area contributed by atoms with Crippen molar-refractivity contribution >= 4 is 32.1 Å². The predicted molar refractivity (Wildman–Crippen MR) is 87.3 cm³/mol. The standard InChI is InChI=1S/C16H23NS2/c1-2-17-16(12-7-5-3-4-6-8-12)15-11-14-13(19-15)9-10-18-14/h9-12,16-17H,2-8H2,1H3. The minimum absolute atomic E-state index is 0.590. The van der Waals surface area contributed by atoms with Gasteiger partial charge >= 0.3 is 0 Å². The second kappa shape index (κ2) is 6.38. The summed E-state index contributed by atoms with van der Waals surface area (Å²) >= 11 is 3.88. The van der Waals surface area contributed by atoms with E-state index in [1.807, 2.05) is 22.7 Å². The third-order valence-electron chi connectivity index (χ3n) is 4.26. The maximum atomic E-state index is 3.76. The molecule has 0 bridgehead atoms. The second-order valence-electron chi connectivity index (χ2n) is 5.58. The summed E-state index contributed by atoms with van der Waals surface area (Å²) < 4.78 is 2.94. The summed E-state index contributed by atoms with van der Waals surface area (Å²) in [5, 5.41) is 5.97. The van der Waals surface area contributed by atoms with E-state index in [4.69, 9.17) is 0 Å². The molecule has 1 atom stereocenters. The normalized spacial score (nSPS) is 19.6. The van der Waals surface area contributed by atoms with Crippen molar-refractivity contribution < 1.29 is 0 Å². The highest BCUT2D eigenvalue weighted by Crippen LogP contribution is 2.39. The molecule has 19 heavy (non-hydrogen) atoms. The Labute approximate surface area is 124 Å². The minimum atomic E-state index is 0.590. The van der Waals surface area contributed by atoms with Crippen LogP contribution < -0.4 is 5.32 Å². The summed E-state index contributed by atoms with van der Waals surface area (Å²) in [7, 11) is 0. The molecule has 0 radical (unpaired) electrons. The Morgan fingerprint density at radius 2 is 2.00 bits per heavy atom. The average molecular weight is 294 g/mol. The van der Waals surface area contributed by atoms with Crippen LogP contribution in [0.2, 0.25) is 0 Å². The van der Waals surface area contributed by atoms with Crippen LogP contribution in [-0.4, -0.2) is 6.54 Å². The van der Waals surface area contributed by atoms with Crippen LogP contribution in [0.4, 0.5) is 0 Å². The number of thiophene rings is 2. The Morgan fingerprint density at radius 3 is 2.68 bits per heavy atom. The maximum Gasteiger partial charge on any atom is 0.0454 e. The van der Waals surface area contributed by atoms with Crippen molar-refractivity contribution in [3.63, 3.8) is 0 Å². The van der Waals surface area contributed by atoms with Crippen molar-refractivity contribution in [1.82, 2.24) is 5.32 Å². The van der Waals surface area contributed by atoms with Gasteiger partial charge in [0.25, 0.3) is 0 Å². The van der Waals surface area contributed by atoms with E-state index in [0.717, 1.165) is 12.5 Å². The van der Waals surface area contributed by atoms with Crippen LogP contribution in [0.1, 0.15) is 56.4 Å². The van der Waals surface area contributed by atoms with E-state index < -0.39 is 0 Å². The van der Waals surface area contributed by atoms with E-state index in [1.54, 1.807) is 4.88 Å². The number of hydrogen-bond donors (Lipinski definition) is 1. The van der Waals surface area contributed by atoms with Gasteiger partial charge in [-0.25, -0.2) is 0 Å². The zero-order valence-electron chi connectivity index (χ0n) is 11.7. The zero-order chi connectivity index (χ0) is 13.1. The largest absolute Gasteiger partial charge is 0.309 e. The fourth-order valence-corrected chi connectivity index (χ4v) is 5.59. The van der Waals surface area contributed by atoms with Crippen molar-refractivity contribution in [2.24, 2.45) is 5.92 Å². The smallest absolute Gasteiger partial charge is 0.0454 e. The van der Waals surface area contributed by atoms with Gasteiger partial charge in [-0.2, -0.15) is 0 Å². The quantitative estimate of drug-likeness (QED) is 0.725. The van der Waals surface area contributed by atoms with Crippen LogP contribution >= 0.6 is 22.7 Å². The number of rotatable bonds is 4. The molecule has 1 aliphatic carbocycles. The van der Waals surface area contributed by atoms with Crippen LogP contribution in [0.25, 0.3) is 9.40 Å². The van der Waals surface area contributed by atoms with Gasteiger partial charge in [0.2, 0.25) is 0 Å². The molecule has 0 amide bonds. The molecule has 3 heteroatoms. The SMILES string of the molecule is CCNC(c1cc2sccc2s1)C1CCCCCC1. The highest BCUT2D eigenvalue weighted by atomic mass is 32.1. The van der Waals surface area contributed by atoms with E-state index in [2.05, 4.69) is 29.8 Å². The molecular formula is C16H23NS2. The molecule has 2 heterocycles. The average Bonchev–Trinajstić information content (AvgIpc) is 2.88. The molecule has 1 nitrogen and oxygen atoms in total. The van der Waals surface area contributed by atoms with Gasteiger partial charge in [-0.15, -0.1) is 22.7 Å². The lowest BCUT2D eigenvalue weighted by Gasteiger charge is -2.26. The molecule has 104 valence electrons. The molecule has 1 aliphatic rings. The molecule has 3 rings (SSSR count). The highest BCUT2D eigenvalue weighted by molar-refractivity contribution is 7.26. The molecule has 2 aromatic rings. The van der Waals surface area contributed by atoms with E-state index in [1.165, 1.54) is 47.9 Å². The Kier molecular flexibility index (Phi) is 4.57. The molecule has 1 N–H and O–H groups in total. The first-order valence-corrected chi connectivity index (χ1v) is 9.28. The molecule has 0 spiro atoms. The van der Waals surface area contributed by atoms with Gasteiger partial charge in [0.1, 0.15) is 0 Å². The summed E-state index contributed by atoms with van der Waals surface area (Å²) in [6.45, 7) is 3.31. The first-order chi connectivity index (χ1) is 9.38. The number of hydrogen-bond acceptors (Lipinski definition) is 3. The van der Waals surface area contributed by atoms with Gasteiger partial charge in [-0.05, 0) is 42.8 Å². The number of fused-ring (bicyclic) bond motifs is 1. The van der Waals surface area contributed by atoms with Crippen molar-refractivity contribution in [3.05, 3.63) is 22.4 Å². The predicted octanol–water partition coefficient (Wildman–Crippen LogP) is 5.58. The summed E-state index contributed by atoms with van der Waals surface area (Å²) in [6.07, 6.45) is 8.54. The van der Waals surface area contributed by atoms with E-state index in [9.17, 15) is 0 Å². The molecule has 1 unspecified atom stereocenters. The third kappa shape index (κ3) is 3.04. The van der Waals surface area contributed by atoms with Gasteiger partial charge in [-0.3, -0.25) is 0 Å². The zero-order valence-corrected chi connectivity index (χ0v) is 13.3. The third-order valence-corrected chi connectivity index (χ3v) is 6.44. The molecule has 0 saturated heterocycles. The van der Waals surface area contributed by atoms with Gasteiger partial charge in [0, 0.05) is 20.3 Å².